The molecule has 9 rings (SSSR count). The quantitative estimate of drug-likeness (QED) is 0.207. The van der Waals surface area contributed by atoms with Gasteiger partial charge in [-0.15, -0.1) is 0 Å². The van der Waals surface area contributed by atoms with Gasteiger partial charge in [-0.3, -0.25) is 0 Å². The van der Waals surface area contributed by atoms with Crippen molar-refractivity contribution in [2.75, 3.05) is 0 Å². The van der Waals surface area contributed by atoms with Crippen LogP contribution in [0.4, 0.5) is 13.2 Å². The fraction of sp³-hybridized carbons (Fsp3) is 0.280. The normalized spacial score (nSPS) is 13.9. The molecule has 180 valence electrons. The molecule has 6 bridgehead atoms. The van der Waals surface area contributed by atoms with Gasteiger partial charge in [-0.05, 0) is 71.9 Å². The smallest absolute Gasteiger partial charge is 0.741 e. The summed E-state index contributed by atoms with van der Waals surface area (Å²) in [6.07, 6.45) is 6.75. The molecular formula is C25H24AgF3O3S. The Bertz CT molecular complexity index is 928. The molecule has 33 heavy (non-hydrogen) atoms. The molecule has 0 atom stereocenters. The fourth-order valence-corrected chi connectivity index (χ4v) is 3.48. The van der Waals surface area contributed by atoms with E-state index in [-0.39, 0.29) is 22.4 Å². The van der Waals surface area contributed by atoms with Gasteiger partial charge in [0.25, 0.3) is 0 Å². The van der Waals surface area contributed by atoms with Crippen molar-refractivity contribution in [1.82, 2.24) is 0 Å². The minimum absolute atomic E-state index is 0. The van der Waals surface area contributed by atoms with Crippen LogP contribution in [-0.2, 0) is 71.0 Å². The van der Waals surface area contributed by atoms with E-state index < -0.39 is 15.6 Å². The van der Waals surface area contributed by atoms with E-state index in [0.29, 0.717) is 0 Å². The van der Waals surface area contributed by atoms with Crippen molar-refractivity contribution < 1.29 is 48.5 Å². The van der Waals surface area contributed by atoms with Crippen molar-refractivity contribution in [2.24, 2.45) is 0 Å². The molecule has 0 aromatic heterocycles. The number of rotatable bonds is 0. The SMILES string of the molecule is O=S(=O)([O-])C(F)(F)F.[Ag+].c1cc2ccc1CCc1ccc(cc1)CCc1ccc(cc1)CC2. The van der Waals surface area contributed by atoms with Gasteiger partial charge in [-0.1, -0.05) is 72.8 Å². The molecule has 3 aromatic carbocycles. The Labute approximate surface area is 208 Å². The molecule has 0 fully saturated rings. The number of hydrogen-bond acceptors (Lipinski definition) is 3. The average Bonchev–Trinajstić information content (AvgIpc) is 2.76. The molecule has 0 aliphatic heterocycles. The first-order valence-corrected chi connectivity index (χ1v) is 11.8. The van der Waals surface area contributed by atoms with Crippen LogP contribution in [0.25, 0.3) is 0 Å². The van der Waals surface area contributed by atoms with Gasteiger partial charge in [0.05, 0.1) is 0 Å². The molecule has 0 saturated heterocycles. The number of halogens is 3. The first-order chi connectivity index (χ1) is 15.1. The first kappa shape index (κ1) is 27.3. The second-order valence-electron chi connectivity index (χ2n) is 7.85. The van der Waals surface area contributed by atoms with Crippen LogP contribution in [-0.4, -0.2) is 18.5 Å². The van der Waals surface area contributed by atoms with Crippen LogP contribution < -0.4 is 0 Å². The largest absolute Gasteiger partial charge is 1.00 e. The number of aryl methyl sites for hydroxylation is 6. The molecule has 8 heteroatoms. The van der Waals surface area contributed by atoms with Gasteiger partial charge in [0.15, 0.2) is 10.1 Å². The van der Waals surface area contributed by atoms with Crippen molar-refractivity contribution in [3.8, 4) is 0 Å². The maximum Gasteiger partial charge on any atom is 1.00 e. The molecule has 6 aliphatic carbocycles. The van der Waals surface area contributed by atoms with Crippen LogP contribution in [0.3, 0.4) is 0 Å². The second-order valence-corrected chi connectivity index (χ2v) is 9.22. The Hall–Kier alpha value is -1.90. The van der Waals surface area contributed by atoms with E-state index in [9.17, 15) is 13.2 Å². The summed E-state index contributed by atoms with van der Waals surface area (Å²) in [5.74, 6) is 0. The molecule has 6 aliphatic rings. The Morgan fingerprint density at radius 1 is 0.515 bits per heavy atom. The van der Waals surface area contributed by atoms with E-state index in [1.807, 2.05) is 0 Å². The fourth-order valence-electron chi connectivity index (χ4n) is 3.48. The van der Waals surface area contributed by atoms with E-state index in [1.54, 1.807) is 0 Å². The first-order valence-electron chi connectivity index (χ1n) is 10.4. The Kier molecular flexibility index (Phi) is 9.94. The van der Waals surface area contributed by atoms with E-state index in [4.69, 9.17) is 13.0 Å². The van der Waals surface area contributed by atoms with Crippen LogP contribution in [0.2, 0.25) is 0 Å². The van der Waals surface area contributed by atoms with Gasteiger partial charge in [-0.2, -0.15) is 13.2 Å². The molecule has 3 aromatic rings. The van der Waals surface area contributed by atoms with E-state index in [0.717, 1.165) is 38.5 Å². The average molecular weight is 569 g/mol. The van der Waals surface area contributed by atoms with Gasteiger partial charge in [0.1, 0.15) is 0 Å². The van der Waals surface area contributed by atoms with Crippen molar-refractivity contribution in [1.29, 1.82) is 0 Å². The Morgan fingerprint density at radius 3 is 0.727 bits per heavy atom. The molecule has 0 heterocycles. The van der Waals surface area contributed by atoms with Crippen LogP contribution >= 0.6 is 0 Å². The van der Waals surface area contributed by atoms with Gasteiger partial charge in [0, 0.05) is 0 Å². The van der Waals surface area contributed by atoms with Crippen molar-refractivity contribution in [3.63, 3.8) is 0 Å². The third-order valence-electron chi connectivity index (χ3n) is 5.46. The van der Waals surface area contributed by atoms with E-state index in [2.05, 4.69) is 72.8 Å². The van der Waals surface area contributed by atoms with E-state index >= 15 is 0 Å². The molecule has 3 nitrogen and oxygen atoms in total. The van der Waals surface area contributed by atoms with Gasteiger partial charge < -0.3 is 4.55 Å². The van der Waals surface area contributed by atoms with Crippen LogP contribution in [0.1, 0.15) is 33.4 Å². The summed E-state index contributed by atoms with van der Waals surface area (Å²) in [5.41, 5.74) is 2.98. The summed E-state index contributed by atoms with van der Waals surface area (Å²) in [4.78, 5) is 0. The van der Waals surface area contributed by atoms with E-state index in [1.165, 1.54) is 33.4 Å². The minimum Gasteiger partial charge on any atom is -0.741 e. The summed E-state index contributed by atoms with van der Waals surface area (Å²) < 4.78 is 58.9. The van der Waals surface area contributed by atoms with Crippen LogP contribution in [0.5, 0.6) is 0 Å². The van der Waals surface area contributed by atoms with Crippen LogP contribution in [0, 0.1) is 0 Å². The summed E-state index contributed by atoms with van der Waals surface area (Å²) in [6.45, 7) is 0. The van der Waals surface area contributed by atoms with Crippen molar-refractivity contribution >= 4 is 10.1 Å². The maximum absolute atomic E-state index is 10.7. The summed E-state index contributed by atoms with van der Waals surface area (Å²) in [5, 5.41) is 0. The number of benzene rings is 3. The molecule has 0 radical (unpaired) electrons. The molecule has 0 amide bonds. The van der Waals surface area contributed by atoms with Gasteiger partial charge >= 0.3 is 27.9 Å². The predicted molar refractivity (Wildman–Crippen MR) is 117 cm³/mol. The zero-order valence-corrected chi connectivity index (χ0v) is 20.0. The summed E-state index contributed by atoms with van der Waals surface area (Å²) >= 11 is 0. The monoisotopic (exact) mass is 568 g/mol. The predicted octanol–water partition coefficient (Wildman–Crippen LogP) is 5.40. The molecule has 0 saturated carbocycles. The standard InChI is InChI=1S/C24H24.CHF3O3S.Ag/c1-2-20-4-3-19(1)13-14-21-5-7-23(8-6-21)17-18-24-11-9-22(10-12-24)16-15-20;2-1(3,4)8(5,6)7;/h1-12H,13-18H2;(H,5,6,7);/q;;+1/p-1. The Morgan fingerprint density at radius 2 is 0.636 bits per heavy atom. The minimum atomic E-state index is -6.09. The van der Waals surface area contributed by atoms with Gasteiger partial charge in [0.2, 0.25) is 0 Å². The van der Waals surface area contributed by atoms with Crippen molar-refractivity contribution in [3.05, 3.63) is 106 Å². The second kappa shape index (κ2) is 12.0. The zero-order valence-electron chi connectivity index (χ0n) is 17.7. The third kappa shape index (κ3) is 8.76. The summed E-state index contributed by atoms with van der Waals surface area (Å²) in [7, 11) is -6.09. The zero-order chi connectivity index (χ0) is 23.2. The van der Waals surface area contributed by atoms with Crippen molar-refractivity contribution in [2.45, 2.75) is 44.0 Å². The Balaban J connectivity index is 0.000000372. The summed E-state index contributed by atoms with van der Waals surface area (Å²) in [6, 6.07) is 27.6. The number of alkyl halides is 3. The van der Waals surface area contributed by atoms with Crippen LogP contribution in [0.15, 0.2) is 72.8 Å². The molecule has 0 spiro atoms. The third-order valence-corrected chi connectivity index (χ3v) is 6.03. The number of hydrogen-bond donors (Lipinski definition) is 0. The topological polar surface area (TPSA) is 57.2 Å². The molecular weight excluding hydrogens is 545 g/mol. The maximum atomic E-state index is 10.7. The molecule has 0 N–H and O–H groups in total. The van der Waals surface area contributed by atoms with Gasteiger partial charge in [-0.25, -0.2) is 8.42 Å². The molecule has 0 unspecified atom stereocenters.